The van der Waals surface area contributed by atoms with Crippen LogP contribution in [0.2, 0.25) is 0 Å². The molecule has 10 nitrogen and oxygen atoms in total. The summed E-state index contributed by atoms with van der Waals surface area (Å²) in [6.07, 6.45) is 0.588. The second kappa shape index (κ2) is 8.04. The molecule has 5 aromatic heterocycles. The molecule has 6 heterocycles. The Hall–Kier alpha value is -4.55. The Bertz CT molecular complexity index is 1560. The number of carbonyl (C=O) groups excluding carboxylic acids is 1. The van der Waals surface area contributed by atoms with Crippen LogP contribution in [0.1, 0.15) is 45.9 Å². The van der Waals surface area contributed by atoms with E-state index in [2.05, 4.69) is 30.2 Å². The van der Waals surface area contributed by atoms with Crippen molar-refractivity contribution in [2.24, 2.45) is 0 Å². The predicted molar refractivity (Wildman–Crippen MR) is 113 cm³/mol. The van der Waals surface area contributed by atoms with E-state index in [0.717, 1.165) is 10.2 Å². The summed E-state index contributed by atoms with van der Waals surface area (Å²) < 4.78 is 47.8. The first-order valence-corrected chi connectivity index (χ1v) is 10.6. The summed E-state index contributed by atoms with van der Waals surface area (Å²) >= 11 is 0. The zero-order valence-electron chi connectivity index (χ0n) is 17.8. The van der Waals surface area contributed by atoms with E-state index in [9.17, 15) is 18.0 Å². The number of aromatic nitrogens is 7. The fourth-order valence-electron chi connectivity index (χ4n) is 4.22. The van der Waals surface area contributed by atoms with Crippen LogP contribution in [0.3, 0.4) is 0 Å². The smallest absolute Gasteiger partial charge is 0.312 e. The number of amides is 1. The van der Waals surface area contributed by atoms with Crippen LogP contribution in [0, 0.1) is 5.82 Å². The van der Waals surface area contributed by atoms with Gasteiger partial charge in [-0.1, -0.05) is 6.07 Å². The molecule has 0 saturated carbocycles. The van der Waals surface area contributed by atoms with Crippen LogP contribution in [-0.2, 0) is 6.42 Å². The molecule has 1 aliphatic heterocycles. The molecule has 0 saturated heterocycles. The minimum absolute atomic E-state index is 0.177. The predicted octanol–water partition coefficient (Wildman–Crippen LogP) is 3.37. The molecular weight excluding hydrogens is 465 g/mol. The van der Waals surface area contributed by atoms with Crippen molar-refractivity contribution >= 4 is 11.4 Å². The van der Waals surface area contributed by atoms with Crippen LogP contribution in [0.5, 0.6) is 0 Å². The van der Waals surface area contributed by atoms with E-state index in [1.54, 1.807) is 12.1 Å². The van der Waals surface area contributed by atoms with Gasteiger partial charge in [0.25, 0.3) is 12.3 Å². The van der Waals surface area contributed by atoms with Crippen LogP contribution in [0.25, 0.3) is 17.1 Å². The average molecular weight is 480 g/mol. The van der Waals surface area contributed by atoms with Crippen LogP contribution < -0.4 is 0 Å². The summed E-state index contributed by atoms with van der Waals surface area (Å²) in [5.41, 5.74) is 1.66. The zero-order valence-corrected chi connectivity index (χ0v) is 17.8. The van der Waals surface area contributed by atoms with E-state index >= 15 is 0 Å². The molecule has 0 aromatic carbocycles. The van der Waals surface area contributed by atoms with Crippen molar-refractivity contribution < 1.29 is 22.4 Å². The molecule has 0 aliphatic carbocycles. The number of H-pyrrole nitrogens is 1. The van der Waals surface area contributed by atoms with E-state index in [0.29, 0.717) is 23.3 Å². The number of alkyl halides is 2. The molecule has 6 rings (SSSR count). The quantitative estimate of drug-likeness (QED) is 0.419. The van der Waals surface area contributed by atoms with Crippen LogP contribution in [-0.4, -0.2) is 52.1 Å². The molecule has 1 atom stereocenters. The fourth-order valence-corrected chi connectivity index (χ4v) is 4.22. The molecule has 13 heteroatoms. The third kappa shape index (κ3) is 3.43. The Morgan fingerprint density at radius 1 is 1.17 bits per heavy atom. The summed E-state index contributed by atoms with van der Waals surface area (Å²) in [7, 11) is 0. The van der Waals surface area contributed by atoms with E-state index in [1.165, 1.54) is 41.7 Å². The molecule has 1 N–H and O–H groups in total. The number of hydrogen-bond acceptors (Lipinski definition) is 7. The number of hydrogen-bond donors (Lipinski definition) is 1. The largest absolute Gasteiger partial charge is 0.411 e. The van der Waals surface area contributed by atoms with Gasteiger partial charge in [0.2, 0.25) is 0 Å². The van der Waals surface area contributed by atoms with Gasteiger partial charge in [-0.15, -0.1) is 10.2 Å². The Labute approximate surface area is 194 Å². The lowest BCUT2D eigenvalue weighted by molar-refractivity contribution is 0.0646. The summed E-state index contributed by atoms with van der Waals surface area (Å²) in [5.74, 6) is -1.92. The second-order valence-electron chi connectivity index (χ2n) is 7.82. The molecule has 35 heavy (non-hydrogen) atoms. The molecular formula is C22H15F3N8O2. The highest BCUT2D eigenvalue weighted by Gasteiger charge is 2.38. The number of nitrogens with one attached hydrogen (secondary N) is 1. The third-order valence-electron chi connectivity index (χ3n) is 5.79. The van der Waals surface area contributed by atoms with Crippen molar-refractivity contribution in [2.45, 2.75) is 18.9 Å². The van der Waals surface area contributed by atoms with Gasteiger partial charge in [0.05, 0.1) is 23.2 Å². The SMILES string of the molecule is O=C(c1nnc(-c2ncccc2F)o1)N1CCc2[nH]cnc2C1c1cc2cccc(C(F)F)n2n1. The number of fused-ring (bicyclic) bond motifs is 2. The molecule has 0 radical (unpaired) electrons. The van der Waals surface area contributed by atoms with E-state index < -0.39 is 24.2 Å². The molecule has 1 aliphatic rings. The number of rotatable bonds is 4. The van der Waals surface area contributed by atoms with Crippen molar-refractivity contribution in [3.05, 3.63) is 83.4 Å². The number of pyridine rings is 2. The summed E-state index contributed by atoms with van der Waals surface area (Å²) in [4.78, 5) is 26.2. The van der Waals surface area contributed by atoms with Gasteiger partial charge < -0.3 is 14.3 Å². The van der Waals surface area contributed by atoms with E-state index in [1.807, 2.05) is 0 Å². The summed E-state index contributed by atoms with van der Waals surface area (Å²) in [6.45, 7) is 0.240. The third-order valence-corrected chi connectivity index (χ3v) is 5.79. The number of halogens is 3. The second-order valence-corrected chi connectivity index (χ2v) is 7.82. The number of carbonyl (C=O) groups is 1. The van der Waals surface area contributed by atoms with Crippen LogP contribution >= 0.6 is 0 Å². The highest BCUT2D eigenvalue weighted by molar-refractivity contribution is 5.90. The van der Waals surface area contributed by atoms with Crippen molar-refractivity contribution in [1.82, 2.24) is 39.7 Å². The minimum atomic E-state index is -2.74. The highest BCUT2D eigenvalue weighted by atomic mass is 19.3. The number of imidazole rings is 1. The molecule has 0 spiro atoms. The molecule has 5 aromatic rings. The Morgan fingerprint density at radius 2 is 2.06 bits per heavy atom. The molecule has 176 valence electrons. The molecule has 0 bridgehead atoms. The Kier molecular flexibility index (Phi) is 4.83. The van der Waals surface area contributed by atoms with E-state index in [4.69, 9.17) is 4.42 Å². The molecule has 0 fully saturated rings. The van der Waals surface area contributed by atoms with Gasteiger partial charge in [-0.3, -0.25) is 4.79 Å². The van der Waals surface area contributed by atoms with Gasteiger partial charge in [0.15, 0.2) is 11.5 Å². The first-order valence-electron chi connectivity index (χ1n) is 10.6. The average Bonchev–Trinajstić information content (AvgIpc) is 3.62. The lowest BCUT2D eigenvalue weighted by Crippen LogP contribution is -2.41. The van der Waals surface area contributed by atoms with Gasteiger partial charge in [-0.25, -0.2) is 27.7 Å². The molecule has 1 amide bonds. The minimum Gasteiger partial charge on any atom is -0.411 e. The van der Waals surface area contributed by atoms with Crippen molar-refractivity contribution in [3.63, 3.8) is 0 Å². The molecule has 1 unspecified atom stereocenters. The first-order chi connectivity index (χ1) is 17.0. The first kappa shape index (κ1) is 21.0. The van der Waals surface area contributed by atoms with Gasteiger partial charge in [-0.2, -0.15) is 5.10 Å². The lowest BCUT2D eigenvalue weighted by atomic mass is 9.99. The van der Waals surface area contributed by atoms with Crippen LogP contribution in [0.4, 0.5) is 13.2 Å². The Morgan fingerprint density at radius 3 is 2.89 bits per heavy atom. The van der Waals surface area contributed by atoms with E-state index in [-0.39, 0.29) is 29.7 Å². The zero-order chi connectivity index (χ0) is 24.1. The van der Waals surface area contributed by atoms with Gasteiger partial charge in [0.1, 0.15) is 11.7 Å². The maximum atomic E-state index is 14.1. The van der Waals surface area contributed by atoms with Crippen molar-refractivity contribution in [1.29, 1.82) is 0 Å². The fraction of sp³-hybridized carbons (Fsp3) is 0.182. The van der Waals surface area contributed by atoms with Gasteiger partial charge in [-0.05, 0) is 30.3 Å². The summed E-state index contributed by atoms with van der Waals surface area (Å²) in [6, 6.07) is 7.88. The topological polar surface area (TPSA) is 118 Å². The standard InChI is InChI=1S/C22H15F3N8O2/c23-12-4-2-7-26-16(12)20-29-30-21(35-20)22(34)32-8-6-13-17(28-10-27-13)18(32)14-9-11-3-1-5-15(19(24)25)33(11)31-14/h1-5,7,9-10,18-19H,6,8H2,(H,27,28). The van der Waals surface area contributed by atoms with Crippen molar-refractivity contribution in [2.75, 3.05) is 6.54 Å². The van der Waals surface area contributed by atoms with Gasteiger partial charge >= 0.3 is 11.8 Å². The monoisotopic (exact) mass is 480 g/mol. The van der Waals surface area contributed by atoms with Crippen LogP contribution in [0.15, 0.2) is 53.3 Å². The van der Waals surface area contributed by atoms with Gasteiger partial charge in [0, 0.05) is 24.9 Å². The number of aromatic amines is 1. The Balaban J connectivity index is 1.42. The highest BCUT2D eigenvalue weighted by Crippen LogP contribution is 2.35. The van der Waals surface area contributed by atoms with Crippen molar-refractivity contribution in [3.8, 4) is 11.6 Å². The maximum absolute atomic E-state index is 14.1. The number of nitrogens with zero attached hydrogens (tertiary/aromatic N) is 7. The summed E-state index contributed by atoms with van der Waals surface area (Å²) in [5, 5.41) is 12.0. The normalized spacial score (nSPS) is 15.7. The lowest BCUT2D eigenvalue weighted by Gasteiger charge is -2.32. The maximum Gasteiger partial charge on any atom is 0.312 e.